The summed E-state index contributed by atoms with van der Waals surface area (Å²) in [5.41, 5.74) is 2.43. The van der Waals surface area contributed by atoms with Gasteiger partial charge in [-0.25, -0.2) is 0 Å². The Bertz CT molecular complexity index is 655. The van der Waals surface area contributed by atoms with Crippen molar-refractivity contribution in [2.75, 3.05) is 0 Å². The van der Waals surface area contributed by atoms with E-state index in [0.29, 0.717) is 5.56 Å². The smallest absolute Gasteiger partial charge is 0.406 e. The number of benzene rings is 2. The molecule has 0 bridgehead atoms. The van der Waals surface area contributed by atoms with Crippen molar-refractivity contribution in [3.8, 4) is 5.75 Å². The number of ether oxygens (including phenoxy) is 1. The molecular formula is C16H13F3O2. The molecule has 0 heterocycles. The zero-order chi connectivity index (χ0) is 15.6. The van der Waals surface area contributed by atoms with E-state index in [1.54, 1.807) is 12.1 Å². The van der Waals surface area contributed by atoms with Gasteiger partial charge in [-0.2, -0.15) is 0 Å². The first-order valence-electron chi connectivity index (χ1n) is 6.23. The minimum absolute atomic E-state index is 0.154. The van der Waals surface area contributed by atoms with Gasteiger partial charge in [0.2, 0.25) is 0 Å². The third-order valence-corrected chi connectivity index (χ3v) is 2.81. The Morgan fingerprint density at radius 1 is 0.952 bits per heavy atom. The van der Waals surface area contributed by atoms with Crippen molar-refractivity contribution in [2.45, 2.75) is 20.2 Å². The van der Waals surface area contributed by atoms with E-state index in [1.807, 2.05) is 19.9 Å². The van der Waals surface area contributed by atoms with Gasteiger partial charge in [-0.05, 0) is 38.1 Å². The van der Waals surface area contributed by atoms with Crippen LogP contribution in [0.1, 0.15) is 27.0 Å². The molecule has 0 N–H and O–H groups in total. The fraction of sp³-hybridized carbons (Fsp3) is 0.188. The van der Waals surface area contributed by atoms with Crippen molar-refractivity contribution in [3.05, 3.63) is 64.7 Å². The van der Waals surface area contributed by atoms with E-state index in [4.69, 9.17) is 0 Å². The fourth-order valence-corrected chi connectivity index (χ4v) is 2.11. The van der Waals surface area contributed by atoms with Gasteiger partial charge < -0.3 is 4.74 Å². The number of hydrogen-bond acceptors (Lipinski definition) is 2. The monoisotopic (exact) mass is 294 g/mol. The van der Waals surface area contributed by atoms with E-state index < -0.39 is 12.1 Å². The molecule has 0 unspecified atom stereocenters. The van der Waals surface area contributed by atoms with Gasteiger partial charge in [0.1, 0.15) is 5.75 Å². The Hall–Kier alpha value is -2.30. The number of ketones is 1. The van der Waals surface area contributed by atoms with E-state index in [9.17, 15) is 18.0 Å². The maximum atomic E-state index is 12.3. The molecule has 0 aliphatic heterocycles. The molecule has 2 aromatic rings. The summed E-state index contributed by atoms with van der Waals surface area (Å²) >= 11 is 0. The number of rotatable bonds is 3. The molecule has 21 heavy (non-hydrogen) atoms. The average Bonchev–Trinajstić information content (AvgIpc) is 2.35. The molecule has 2 nitrogen and oxygen atoms in total. The SMILES string of the molecule is Cc1cc(C)cc(C(=O)c2cccc(OC(F)(F)F)c2)c1. The van der Waals surface area contributed by atoms with E-state index in [0.717, 1.165) is 23.3 Å². The summed E-state index contributed by atoms with van der Waals surface area (Å²) in [7, 11) is 0. The summed E-state index contributed by atoms with van der Waals surface area (Å²) in [6, 6.07) is 10.4. The van der Waals surface area contributed by atoms with Crippen LogP contribution in [-0.4, -0.2) is 12.1 Å². The van der Waals surface area contributed by atoms with Crippen LogP contribution >= 0.6 is 0 Å². The normalized spacial score (nSPS) is 11.3. The number of carbonyl (C=O) groups is 1. The van der Waals surface area contributed by atoms with Crippen molar-refractivity contribution < 1.29 is 22.7 Å². The molecule has 0 amide bonds. The van der Waals surface area contributed by atoms with Gasteiger partial charge in [-0.3, -0.25) is 4.79 Å². The van der Waals surface area contributed by atoms with Crippen LogP contribution in [0.2, 0.25) is 0 Å². The average molecular weight is 294 g/mol. The largest absolute Gasteiger partial charge is 0.573 e. The second-order valence-electron chi connectivity index (χ2n) is 4.78. The van der Waals surface area contributed by atoms with Crippen LogP contribution in [0.25, 0.3) is 0 Å². The molecular weight excluding hydrogens is 281 g/mol. The summed E-state index contributed by atoms with van der Waals surface area (Å²) < 4.78 is 40.4. The topological polar surface area (TPSA) is 26.3 Å². The van der Waals surface area contributed by atoms with E-state index in [1.165, 1.54) is 12.1 Å². The fourth-order valence-electron chi connectivity index (χ4n) is 2.11. The van der Waals surface area contributed by atoms with Crippen LogP contribution in [0, 0.1) is 13.8 Å². The summed E-state index contributed by atoms with van der Waals surface area (Å²) in [4.78, 5) is 12.3. The number of aryl methyl sites for hydroxylation is 2. The lowest BCUT2D eigenvalue weighted by Gasteiger charge is -2.10. The van der Waals surface area contributed by atoms with E-state index in [-0.39, 0.29) is 11.3 Å². The molecule has 2 rings (SSSR count). The van der Waals surface area contributed by atoms with Gasteiger partial charge in [-0.15, -0.1) is 13.2 Å². The van der Waals surface area contributed by atoms with Gasteiger partial charge in [0.25, 0.3) is 0 Å². The van der Waals surface area contributed by atoms with Gasteiger partial charge in [0.15, 0.2) is 5.78 Å². The molecule has 0 atom stereocenters. The first-order chi connectivity index (χ1) is 9.74. The van der Waals surface area contributed by atoms with Gasteiger partial charge in [-0.1, -0.05) is 29.3 Å². The van der Waals surface area contributed by atoms with Gasteiger partial charge in [0.05, 0.1) is 0 Å². The molecule has 110 valence electrons. The summed E-state index contributed by atoms with van der Waals surface area (Å²) in [6.07, 6.45) is -4.78. The Balaban J connectivity index is 2.33. The molecule has 0 saturated heterocycles. The second-order valence-corrected chi connectivity index (χ2v) is 4.78. The minimum Gasteiger partial charge on any atom is -0.406 e. The molecule has 0 saturated carbocycles. The second kappa shape index (κ2) is 5.60. The van der Waals surface area contributed by atoms with E-state index in [2.05, 4.69) is 4.74 Å². The molecule has 0 aliphatic carbocycles. The van der Waals surface area contributed by atoms with Crippen LogP contribution in [0.4, 0.5) is 13.2 Å². The summed E-state index contributed by atoms with van der Waals surface area (Å²) in [5, 5.41) is 0. The van der Waals surface area contributed by atoms with Crippen molar-refractivity contribution in [3.63, 3.8) is 0 Å². The summed E-state index contributed by atoms with van der Waals surface area (Å²) in [5.74, 6) is -0.743. The van der Waals surface area contributed by atoms with Gasteiger partial charge >= 0.3 is 6.36 Å². The highest BCUT2D eigenvalue weighted by Gasteiger charge is 2.31. The standard InChI is InChI=1S/C16H13F3O2/c1-10-6-11(2)8-13(7-10)15(20)12-4-3-5-14(9-12)21-16(17,18)19/h3-9H,1-2H3. The molecule has 2 aromatic carbocycles. The molecule has 0 aliphatic rings. The predicted molar refractivity (Wildman–Crippen MR) is 72.5 cm³/mol. The van der Waals surface area contributed by atoms with Crippen LogP contribution in [0.5, 0.6) is 5.75 Å². The molecule has 0 spiro atoms. The van der Waals surface area contributed by atoms with Crippen LogP contribution in [0.15, 0.2) is 42.5 Å². The highest BCUT2D eigenvalue weighted by molar-refractivity contribution is 6.09. The lowest BCUT2D eigenvalue weighted by atomic mass is 9.99. The van der Waals surface area contributed by atoms with Crippen molar-refractivity contribution in [2.24, 2.45) is 0 Å². The first-order valence-corrected chi connectivity index (χ1v) is 6.23. The quantitative estimate of drug-likeness (QED) is 0.783. The Morgan fingerprint density at radius 3 is 2.14 bits per heavy atom. The predicted octanol–water partition coefficient (Wildman–Crippen LogP) is 4.43. The van der Waals surface area contributed by atoms with Crippen molar-refractivity contribution in [1.82, 2.24) is 0 Å². The summed E-state index contributed by atoms with van der Waals surface area (Å²) in [6.45, 7) is 3.71. The molecule has 0 radical (unpaired) electrons. The highest BCUT2D eigenvalue weighted by atomic mass is 19.4. The maximum Gasteiger partial charge on any atom is 0.573 e. The molecule has 5 heteroatoms. The Kier molecular flexibility index (Phi) is 4.02. The van der Waals surface area contributed by atoms with Crippen molar-refractivity contribution >= 4 is 5.78 Å². The third kappa shape index (κ3) is 4.08. The number of alkyl halides is 3. The first kappa shape index (κ1) is 15.1. The minimum atomic E-state index is -4.78. The lowest BCUT2D eigenvalue weighted by Crippen LogP contribution is -2.17. The van der Waals surface area contributed by atoms with Gasteiger partial charge in [0, 0.05) is 11.1 Å². The molecule has 0 fully saturated rings. The Morgan fingerprint density at radius 2 is 1.57 bits per heavy atom. The Labute approximate surface area is 120 Å². The van der Waals surface area contributed by atoms with Crippen LogP contribution in [0.3, 0.4) is 0 Å². The number of carbonyl (C=O) groups excluding carboxylic acids is 1. The number of halogens is 3. The highest BCUT2D eigenvalue weighted by Crippen LogP contribution is 2.24. The lowest BCUT2D eigenvalue weighted by molar-refractivity contribution is -0.274. The zero-order valence-corrected chi connectivity index (χ0v) is 11.5. The zero-order valence-electron chi connectivity index (χ0n) is 11.5. The third-order valence-electron chi connectivity index (χ3n) is 2.81. The molecule has 0 aromatic heterocycles. The van der Waals surface area contributed by atoms with Crippen molar-refractivity contribution in [1.29, 1.82) is 0 Å². The number of hydrogen-bond donors (Lipinski definition) is 0. The van der Waals surface area contributed by atoms with Crippen LogP contribution < -0.4 is 4.74 Å². The van der Waals surface area contributed by atoms with E-state index >= 15 is 0 Å². The maximum absolute atomic E-state index is 12.3. The van der Waals surface area contributed by atoms with Crippen LogP contribution in [-0.2, 0) is 0 Å².